The van der Waals surface area contributed by atoms with Crippen molar-refractivity contribution in [1.82, 2.24) is 0 Å². The summed E-state index contributed by atoms with van der Waals surface area (Å²) in [7, 11) is 0. The molecule has 0 saturated heterocycles. The van der Waals surface area contributed by atoms with E-state index in [0.29, 0.717) is 5.25 Å². The van der Waals surface area contributed by atoms with Crippen LogP contribution in [0, 0.1) is 6.92 Å². The van der Waals surface area contributed by atoms with Crippen LogP contribution >= 0.6 is 11.8 Å². The highest BCUT2D eigenvalue weighted by molar-refractivity contribution is 8.00. The largest absolute Gasteiger partial charge is 0.508 e. The summed E-state index contributed by atoms with van der Waals surface area (Å²) in [6.07, 6.45) is 0. The third kappa shape index (κ3) is 3.43. The monoisotopic (exact) mass is 226 g/mol. The first-order chi connectivity index (χ1) is 7.04. The van der Waals surface area contributed by atoms with Crippen molar-refractivity contribution in [2.75, 3.05) is 6.61 Å². The molecule has 15 heavy (non-hydrogen) atoms. The summed E-state index contributed by atoms with van der Waals surface area (Å²) in [5.41, 5.74) is 1.93. The number of aliphatic hydroxyl groups excluding tert-OH is 1. The van der Waals surface area contributed by atoms with Crippen molar-refractivity contribution in [1.29, 1.82) is 0 Å². The molecule has 0 spiro atoms. The Morgan fingerprint density at radius 3 is 2.53 bits per heavy atom. The van der Waals surface area contributed by atoms with Gasteiger partial charge in [-0.05, 0) is 18.2 Å². The summed E-state index contributed by atoms with van der Waals surface area (Å²) in [5.74, 6) is 0.271. The lowest BCUT2D eigenvalue weighted by atomic mass is 10.1. The molecule has 0 aliphatic rings. The fraction of sp³-hybridized carbons (Fsp3) is 0.500. The summed E-state index contributed by atoms with van der Waals surface area (Å²) in [6, 6.07) is 5.49. The molecule has 84 valence electrons. The Morgan fingerprint density at radius 1 is 1.33 bits per heavy atom. The van der Waals surface area contributed by atoms with Gasteiger partial charge in [-0.2, -0.15) is 0 Å². The molecule has 0 aliphatic heterocycles. The van der Waals surface area contributed by atoms with Crippen LogP contribution in [0.25, 0.3) is 0 Å². The van der Waals surface area contributed by atoms with Crippen molar-refractivity contribution >= 4 is 11.8 Å². The molecule has 1 aromatic rings. The minimum Gasteiger partial charge on any atom is -0.508 e. The highest BCUT2D eigenvalue weighted by Crippen LogP contribution is 2.36. The molecule has 1 atom stereocenters. The second-order valence-corrected chi connectivity index (χ2v) is 5.70. The molecule has 0 aromatic heterocycles. The predicted octanol–water partition coefficient (Wildman–Crippen LogP) is 2.88. The Hall–Kier alpha value is -0.670. The highest BCUT2D eigenvalue weighted by Gasteiger charge is 2.16. The van der Waals surface area contributed by atoms with Crippen LogP contribution < -0.4 is 0 Å². The van der Waals surface area contributed by atoms with Crippen LogP contribution in [0.3, 0.4) is 0 Å². The van der Waals surface area contributed by atoms with Gasteiger partial charge in [0.15, 0.2) is 0 Å². The number of rotatable bonds is 4. The summed E-state index contributed by atoms with van der Waals surface area (Å²) >= 11 is 1.67. The number of hydrogen-bond donors (Lipinski definition) is 2. The average Bonchev–Trinajstić information content (AvgIpc) is 2.18. The van der Waals surface area contributed by atoms with Crippen LogP contribution in [0.2, 0.25) is 0 Å². The maximum absolute atomic E-state index is 9.72. The Bertz CT molecular complexity index is 323. The number of thioether (sulfide) groups is 1. The zero-order chi connectivity index (χ0) is 11.4. The molecule has 3 heteroatoms. The van der Waals surface area contributed by atoms with Gasteiger partial charge >= 0.3 is 0 Å². The average molecular weight is 226 g/mol. The van der Waals surface area contributed by atoms with E-state index in [9.17, 15) is 10.2 Å². The van der Waals surface area contributed by atoms with E-state index in [0.717, 1.165) is 11.1 Å². The molecule has 0 heterocycles. The number of aliphatic hydroxyl groups is 1. The van der Waals surface area contributed by atoms with Gasteiger partial charge in [-0.25, -0.2) is 0 Å². The second-order valence-electron chi connectivity index (χ2n) is 3.92. The first-order valence-corrected chi connectivity index (χ1v) is 6.04. The minimum absolute atomic E-state index is 0.0371. The molecule has 0 bridgehead atoms. The lowest BCUT2D eigenvalue weighted by Gasteiger charge is -2.18. The Labute approximate surface area is 95.3 Å². The maximum atomic E-state index is 9.72. The molecule has 0 amide bonds. The van der Waals surface area contributed by atoms with Crippen molar-refractivity contribution in [2.24, 2.45) is 0 Å². The smallest absolute Gasteiger partial charge is 0.120 e. The van der Waals surface area contributed by atoms with E-state index >= 15 is 0 Å². The van der Waals surface area contributed by atoms with Gasteiger partial charge in [0.25, 0.3) is 0 Å². The van der Waals surface area contributed by atoms with Crippen LogP contribution in [0.15, 0.2) is 18.2 Å². The predicted molar refractivity (Wildman–Crippen MR) is 65.4 cm³/mol. The Balaban J connectivity index is 2.95. The van der Waals surface area contributed by atoms with Gasteiger partial charge in [0.05, 0.1) is 11.9 Å². The SMILES string of the molecule is Cc1ccc(O)c(C(CO)SC(C)C)c1. The molecule has 2 N–H and O–H groups in total. The molecular weight excluding hydrogens is 208 g/mol. The zero-order valence-electron chi connectivity index (χ0n) is 9.40. The molecule has 2 nitrogen and oxygen atoms in total. The van der Waals surface area contributed by atoms with Gasteiger partial charge in [-0.1, -0.05) is 31.5 Å². The number of hydrogen-bond acceptors (Lipinski definition) is 3. The molecule has 1 aromatic carbocycles. The zero-order valence-corrected chi connectivity index (χ0v) is 10.2. The van der Waals surface area contributed by atoms with Crippen LogP contribution in [0.1, 0.15) is 30.2 Å². The number of phenolic OH excluding ortho intramolecular Hbond substituents is 1. The number of aromatic hydroxyl groups is 1. The molecule has 0 radical (unpaired) electrons. The maximum Gasteiger partial charge on any atom is 0.120 e. The minimum atomic E-state index is -0.0371. The summed E-state index contributed by atoms with van der Waals surface area (Å²) < 4.78 is 0. The topological polar surface area (TPSA) is 40.5 Å². The van der Waals surface area contributed by atoms with Crippen LogP contribution in [-0.2, 0) is 0 Å². The molecule has 0 fully saturated rings. The quantitative estimate of drug-likeness (QED) is 0.829. The third-order valence-corrected chi connectivity index (χ3v) is 3.41. The van der Waals surface area contributed by atoms with E-state index in [1.54, 1.807) is 17.8 Å². The molecular formula is C12H18O2S. The summed E-state index contributed by atoms with van der Waals surface area (Å²) in [6.45, 7) is 6.21. The van der Waals surface area contributed by atoms with E-state index in [2.05, 4.69) is 13.8 Å². The molecule has 0 saturated carbocycles. The molecule has 1 rings (SSSR count). The van der Waals surface area contributed by atoms with E-state index in [4.69, 9.17) is 0 Å². The first-order valence-electron chi connectivity index (χ1n) is 5.10. The fourth-order valence-electron chi connectivity index (χ4n) is 1.48. The van der Waals surface area contributed by atoms with Gasteiger partial charge in [-0.15, -0.1) is 11.8 Å². The van der Waals surface area contributed by atoms with Crippen molar-refractivity contribution in [3.05, 3.63) is 29.3 Å². The van der Waals surface area contributed by atoms with E-state index < -0.39 is 0 Å². The Kier molecular flexibility index (Phi) is 4.48. The molecule has 1 unspecified atom stereocenters. The van der Waals surface area contributed by atoms with Gasteiger partial charge in [0, 0.05) is 5.56 Å². The van der Waals surface area contributed by atoms with Gasteiger partial charge < -0.3 is 10.2 Å². The van der Waals surface area contributed by atoms with Crippen molar-refractivity contribution in [2.45, 2.75) is 31.3 Å². The lowest BCUT2D eigenvalue weighted by molar-refractivity contribution is 0.294. The van der Waals surface area contributed by atoms with Gasteiger partial charge in [-0.3, -0.25) is 0 Å². The van der Waals surface area contributed by atoms with Crippen molar-refractivity contribution in [3.63, 3.8) is 0 Å². The highest BCUT2D eigenvalue weighted by atomic mass is 32.2. The van der Waals surface area contributed by atoms with Crippen LogP contribution in [-0.4, -0.2) is 22.1 Å². The first kappa shape index (κ1) is 12.4. The third-order valence-electron chi connectivity index (χ3n) is 2.13. The number of benzene rings is 1. The number of phenols is 1. The fourth-order valence-corrected chi connectivity index (χ4v) is 2.55. The van der Waals surface area contributed by atoms with Gasteiger partial charge in [0.1, 0.15) is 5.75 Å². The molecule has 0 aliphatic carbocycles. The number of aryl methyl sites for hydroxylation is 1. The van der Waals surface area contributed by atoms with E-state index in [-0.39, 0.29) is 17.6 Å². The normalized spacial score (nSPS) is 13.1. The summed E-state index contributed by atoms with van der Waals surface area (Å²) in [5, 5.41) is 19.4. The second kappa shape index (κ2) is 5.42. The van der Waals surface area contributed by atoms with E-state index in [1.807, 2.05) is 19.1 Å². The van der Waals surface area contributed by atoms with Gasteiger partial charge in [0.2, 0.25) is 0 Å². The van der Waals surface area contributed by atoms with Crippen LogP contribution in [0.4, 0.5) is 0 Å². The standard InChI is InChI=1S/C12H18O2S/c1-8(2)15-12(7-13)10-6-9(3)4-5-11(10)14/h4-6,8,12-14H,7H2,1-3H3. The van der Waals surface area contributed by atoms with Crippen molar-refractivity contribution < 1.29 is 10.2 Å². The lowest BCUT2D eigenvalue weighted by Crippen LogP contribution is -2.04. The summed E-state index contributed by atoms with van der Waals surface area (Å²) in [4.78, 5) is 0. The Morgan fingerprint density at radius 2 is 2.00 bits per heavy atom. The van der Waals surface area contributed by atoms with Crippen LogP contribution in [0.5, 0.6) is 5.75 Å². The van der Waals surface area contributed by atoms with E-state index in [1.165, 1.54) is 0 Å². The van der Waals surface area contributed by atoms with Crippen molar-refractivity contribution in [3.8, 4) is 5.75 Å².